The second kappa shape index (κ2) is 13.0. The van der Waals surface area contributed by atoms with Gasteiger partial charge in [0, 0.05) is 11.4 Å². The van der Waals surface area contributed by atoms with Crippen LogP contribution in [0.1, 0.15) is 19.8 Å². The first-order valence-electron chi connectivity index (χ1n) is 11.3. The number of ether oxygens (including phenoxy) is 2. The molecular weight excluding hydrogens is 543 g/mol. The fourth-order valence-corrected chi connectivity index (χ4v) is 5.87. The first kappa shape index (κ1) is 29.2. The lowest BCUT2D eigenvalue weighted by atomic mass is 10.3. The molecule has 7 nitrogen and oxygen atoms in total. The quantitative estimate of drug-likeness (QED) is 0.112. The van der Waals surface area contributed by atoms with Gasteiger partial charge in [0.1, 0.15) is 16.3 Å². The van der Waals surface area contributed by atoms with E-state index in [1.165, 1.54) is 18.1 Å². The van der Waals surface area contributed by atoms with E-state index >= 15 is 0 Å². The molecule has 0 fully saturated rings. The molecule has 3 aromatic rings. The Labute approximate surface area is 214 Å². The number of nitrogen functional groups attached to an aromatic ring is 1. The Bertz CT molecular complexity index is 1140. The van der Waals surface area contributed by atoms with E-state index in [1.807, 2.05) is 24.3 Å². The summed E-state index contributed by atoms with van der Waals surface area (Å²) in [6.45, 7) is 2.67. The van der Waals surface area contributed by atoms with E-state index < -0.39 is 38.9 Å². The van der Waals surface area contributed by atoms with Crippen molar-refractivity contribution in [3.05, 3.63) is 30.6 Å². The van der Waals surface area contributed by atoms with Crippen molar-refractivity contribution in [2.24, 2.45) is 0 Å². The maximum atomic E-state index is 12.7. The Morgan fingerprint density at radius 1 is 1.05 bits per heavy atom. The standard InChI is InChI=1S/C22H26F6N5O2PS/c1-2-3-8-35-15-5-4-6-16(10-15)37-19-17-18(31-20(29)32-19)33(13-30-17)7-9-34-14-36(11-21(23,24)25)12-22(26,27)28/h4-6,10,13H,2-3,7-9,11-12,14H2,1H3,(H2,29,31,32). The van der Waals surface area contributed by atoms with Crippen molar-refractivity contribution in [1.29, 1.82) is 0 Å². The minimum Gasteiger partial charge on any atom is -0.494 e. The molecule has 0 saturated heterocycles. The number of halogens is 6. The van der Waals surface area contributed by atoms with Crippen LogP contribution in [0, 0.1) is 0 Å². The van der Waals surface area contributed by atoms with Crippen molar-refractivity contribution in [3.8, 4) is 5.75 Å². The number of nitrogens with zero attached hydrogens (tertiary/aromatic N) is 4. The number of aromatic nitrogens is 4. The summed E-state index contributed by atoms with van der Waals surface area (Å²) in [5.74, 6) is 0.710. The van der Waals surface area contributed by atoms with Gasteiger partial charge in [-0.25, -0.2) is 9.97 Å². The topological polar surface area (TPSA) is 88.1 Å². The summed E-state index contributed by atoms with van der Waals surface area (Å²) in [5, 5.41) is 0.492. The molecule has 0 atom stereocenters. The van der Waals surface area contributed by atoms with Gasteiger partial charge in [-0.05, 0) is 24.6 Å². The number of hydrogen-bond donors (Lipinski definition) is 1. The summed E-state index contributed by atoms with van der Waals surface area (Å²) in [6, 6.07) is 7.46. The highest BCUT2D eigenvalue weighted by Gasteiger charge is 2.38. The van der Waals surface area contributed by atoms with E-state index in [-0.39, 0.29) is 19.1 Å². The maximum absolute atomic E-state index is 12.7. The lowest BCUT2D eigenvalue weighted by molar-refractivity contribution is -0.112. The third-order valence-corrected chi connectivity index (χ3v) is 7.92. The van der Waals surface area contributed by atoms with Gasteiger partial charge in [0.25, 0.3) is 0 Å². The van der Waals surface area contributed by atoms with Crippen LogP contribution in [0.25, 0.3) is 11.2 Å². The van der Waals surface area contributed by atoms with Crippen LogP contribution >= 0.6 is 19.7 Å². The molecule has 0 aliphatic heterocycles. The first-order valence-corrected chi connectivity index (χ1v) is 14.0. The zero-order valence-electron chi connectivity index (χ0n) is 19.8. The molecule has 0 aliphatic rings. The van der Waals surface area contributed by atoms with E-state index in [2.05, 4.69) is 21.9 Å². The highest BCUT2D eigenvalue weighted by Crippen LogP contribution is 2.45. The van der Waals surface area contributed by atoms with Gasteiger partial charge in [0.2, 0.25) is 5.95 Å². The third-order valence-electron chi connectivity index (χ3n) is 4.79. The molecule has 15 heteroatoms. The van der Waals surface area contributed by atoms with Crippen LogP contribution in [0.15, 0.2) is 40.5 Å². The van der Waals surface area contributed by atoms with Gasteiger partial charge in [-0.3, -0.25) is 0 Å². The Balaban J connectivity index is 1.66. The van der Waals surface area contributed by atoms with Crippen molar-refractivity contribution in [3.63, 3.8) is 0 Å². The molecule has 204 valence electrons. The molecule has 37 heavy (non-hydrogen) atoms. The second-order valence-corrected chi connectivity index (χ2v) is 11.3. The molecular formula is C22H26F6N5O2PS. The van der Waals surface area contributed by atoms with Crippen LogP contribution in [0.3, 0.4) is 0 Å². The Hall–Kier alpha value is -2.31. The molecule has 0 saturated carbocycles. The Morgan fingerprint density at radius 2 is 1.78 bits per heavy atom. The van der Waals surface area contributed by atoms with E-state index in [4.69, 9.17) is 15.2 Å². The largest absolute Gasteiger partial charge is 0.494 e. The highest BCUT2D eigenvalue weighted by molar-refractivity contribution is 7.99. The SMILES string of the molecule is CCCCOc1cccc(Sc2nc(N)nc3c2ncn3CCOCP(CC(F)(F)F)CC(F)(F)F)c1. The maximum Gasteiger partial charge on any atom is 0.392 e. The predicted octanol–water partition coefficient (Wildman–Crippen LogP) is 6.32. The van der Waals surface area contributed by atoms with E-state index in [0.29, 0.717) is 22.8 Å². The van der Waals surface area contributed by atoms with Crippen LogP contribution < -0.4 is 10.5 Å². The van der Waals surface area contributed by atoms with Gasteiger partial charge in [-0.1, -0.05) is 39.1 Å². The normalized spacial score (nSPS) is 12.5. The van der Waals surface area contributed by atoms with Crippen molar-refractivity contribution in [2.75, 3.05) is 37.6 Å². The number of fused-ring (bicyclic) bond motifs is 1. The summed E-state index contributed by atoms with van der Waals surface area (Å²) in [6.07, 6.45) is -9.61. The monoisotopic (exact) mass is 569 g/mol. The zero-order valence-corrected chi connectivity index (χ0v) is 21.6. The summed E-state index contributed by atoms with van der Waals surface area (Å²) < 4.78 is 88.5. The predicted molar refractivity (Wildman–Crippen MR) is 130 cm³/mol. The summed E-state index contributed by atoms with van der Waals surface area (Å²) >= 11 is 1.31. The molecule has 0 bridgehead atoms. The average Bonchev–Trinajstić information content (AvgIpc) is 3.18. The van der Waals surface area contributed by atoms with E-state index in [1.54, 1.807) is 4.57 Å². The molecule has 2 aromatic heterocycles. The zero-order chi connectivity index (χ0) is 27.1. The molecule has 2 N–H and O–H groups in total. The number of benzene rings is 1. The molecule has 1 aromatic carbocycles. The molecule has 0 amide bonds. The van der Waals surface area contributed by atoms with Gasteiger partial charge in [-0.15, -0.1) is 0 Å². The van der Waals surface area contributed by atoms with Gasteiger partial charge in [0.15, 0.2) is 5.65 Å². The van der Waals surface area contributed by atoms with Gasteiger partial charge in [-0.2, -0.15) is 31.3 Å². The van der Waals surface area contributed by atoms with Crippen LogP contribution in [-0.2, 0) is 11.3 Å². The van der Waals surface area contributed by atoms with Gasteiger partial charge in [0.05, 0.1) is 38.2 Å². The van der Waals surface area contributed by atoms with Crippen LogP contribution in [0.4, 0.5) is 32.3 Å². The molecule has 0 spiro atoms. The average molecular weight is 570 g/mol. The smallest absolute Gasteiger partial charge is 0.392 e. The molecule has 0 radical (unpaired) electrons. The fraction of sp³-hybridized carbons (Fsp3) is 0.500. The first-order chi connectivity index (χ1) is 17.4. The van der Waals surface area contributed by atoms with Crippen LogP contribution in [0.5, 0.6) is 5.75 Å². The van der Waals surface area contributed by atoms with Crippen molar-refractivity contribution in [2.45, 2.75) is 48.6 Å². The lowest BCUT2D eigenvalue weighted by Crippen LogP contribution is -2.22. The minimum atomic E-state index is -4.69. The second-order valence-electron chi connectivity index (χ2n) is 8.03. The number of anilines is 1. The summed E-state index contributed by atoms with van der Waals surface area (Å²) in [5.41, 5.74) is 6.71. The number of unbranched alkanes of at least 4 members (excludes halogenated alkanes) is 1. The van der Waals surface area contributed by atoms with Crippen molar-refractivity contribution in [1.82, 2.24) is 19.5 Å². The summed E-state index contributed by atoms with van der Waals surface area (Å²) in [7, 11) is -2.44. The number of rotatable bonds is 13. The lowest BCUT2D eigenvalue weighted by Gasteiger charge is -2.20. The van der Waals surface area contributed by atoms with Crippen LogP contribution in [0.2, 0.25) is 0 Å². The number of hydrogen-bond acceptors (Lipinski definition) is 7. The molecule has 3 rings (SSSR count). The molecule has 0 unspecified atom stereocenters. The fourth-order valence-electron chi connectivity index (χ4n) is 3.25. The third kappa shape index (κ3) is 9.82. The number of imidazole rings is 1. The van der Waals surface area contributed by atoms with Crippen LogP contribution in [-0.4, -0.2) is 63.8 Å². The molecule has 0 aliphatic carbocycles. The van der Waals surface area contributed by atoms with Crippen molar-refractivity contribution >= 4 is 36.8 Å². The van der Waals surface area contributed by atoms with E-state index in [0.717, 1.165) is 23.5 Å². The van der Waals surface area contributed by atoms with Crippen molar-refractivity contribution < 1.29 is 35.8 Å². The Kier molecular flexibility index (Phi) is 10.3. The highest BCUT2D eigenvalue weighted by atomic mass is 32.2. The number of alkyl halides is 6. The molecule has 2 heterocycles. The summed E-state index contributed by atoms with van der Waals surface area (Å²) in [4.78, 5) is 13.6. The minimum absolute atomic E-state index is 0.00751. The van der Waals surface area contributed by atoms with Gasteiger partial charge < -0.3 is 19.8 Å². The van der Waals surface area contributed by atoms with Gasteiger partial charge >= 0.3 is 12.4 Å². The Morgan fingerprint density at radius 3 is 2.46 bits per heavy atom. The number of nitrogens with two attached hydrogens (primary N) is 1. The van der Waals surface area contributed by atoms with E-state index in [9.17, 15) is 26.3 Å².